The Bertz CT molecular complexity index is 585. The monoisotopic (exact) mass is 257 g/mol. The number of hydrogen-bond acceptors (Lipinski definition) is 4. The van der Waals surface area contributed by atoms with Gasteiger partial charge in [-0.25, -0.2) is 4.98 Å². The van der Waals surface area contributed by atoms with Crippen LogP contribution in [0.5, 0.6) is 5.75 Å². The summed E-state index contributed by atoms with van der Waals surface area (Å²) in [4.78, 5) is 7.08. The van der Waals surface area contributed by atoms with Crippen LogP contribution in [0.4, 0.5) is 0 Å². The molecule has 1 aromatic carbocycles. The van der Waals surface area contributed by atoms with Crippen molar-refractivity contribution in [1.29, 1.82) is 0 Å². The first kappa shape index (κ1) is 12.4. The zero-order valence-corrected chi connectivity index (χ0v) is 11.2. The first-order valence-corrected chi connectivity index (χ1v) is 6.67. The second-order valence-corrected chi connectivity index (χ2v) is 5.12. The van der Waals surface area contributed by atoms with Crippen molar-refractivity contribution in [3.8, 4) is 5.75 Å². The van der Waals surface area contributed by atoms with E-state index in [4.69, 9.17) is 15.5 Å². The SMILES string of the molecule is COc1cccc2ccc(CN3CCC(N)C3)nc12. The highest BCUT2D eigenvalue weighted by atomic mass is 16.5. The Morgan fingerprint density at radius 2 is 2.26 bits per heavy atom. The summed E-state index contributed by atoms with van der Waals surface area (Å²) < 4.78 is 5.37. The quantitative estimate of drug-likeness (QED) is 0.910. The Labute approximate surface area is 113 Å². The number of fused-ring (bicyclic) bond motifs is 1. The molecule has 1 aliphatic heterocycles. The number of aromatic nitrogens is 1. The summed E-state index contributed by atoms with van der Waals surface area (Å²) in [5.41, 5.74) is 7.94. The van der Waals surface area contributed by atoms with Crippen molar-refractivity contribution in [2.24, 2.45) is 5.73 Å². The zero-order chi connectivity index (χ0) is 13.2. The van der Waals surface area contributed by atoms with Gasteiger partial charge in [0.05, 0.1) is 12.8 Å². The number of ether oxygens (including phenoxy) is 1. The number of hydrogen-bond donors (Lipinski definition) is 1. The van der Waals surface area contributed by atoms with Crippen LogP contribution in [0.1, 0.15) is 12.1 Å². The van der Waals surface area contributed by atoms with Gasteiger partial charge >= 0.3 is 0 Å². The lowest BCUT2D eigenvalue weighted by atomic mass is 10.2. The van der Waals surface area contributed by atoms with Crippen molar-refractivity contribution in [2.45, 2.75) is 19.0 Å². The van der Waals surface area contributed by atoms with Gasteiger partial charge in [0.25, 0.3) is 0 Å². The molecule has 1 unspecified atom stereocenters. The summed E-state index contributed by atoms with van der Waals surface area (Å²) in [6.45, 7) is 2.89. The molecular formula is C15H19N3O. The molecule has 1 aliphatic rings. The van der Waals surface area contributed by atoms with Crippen molar-refractivity contribution in [3.63, 3.8) is 0 Å². The van der Waals surface area contributed by atoms with E-state index in [0.717, 1.165) is 48.4 Å². The largest absolute Gasteiger partial charge is 0.494 e. The van der Waals surface area contributed by atoms with Gasteiger partial charge in [0.1, 0.15) is 11.3 Å². The normalized spacial score (nSPS) is 20.0. The van der Waals surface area contributed by atoms with Crippen molar-refractivity contribution in [1.82, 2.24) is 9.88 Å². The molecule has 2 aromatic rings. The fraction of sp³-hybridized carbons (Fsp3) is 0.400. The second-order valence-electron chi connectivity index (χ2n) is 5.12. The van der Waals surface area contributed by atoms with Crippen LogP contribution in [0.15, 0.2) is 30.3 Å². The summed E-state index contributed by atoms with van der Waals surface area (Å²) >= 11 is 0. The number of pyridine rings is 1. The number of nitrogens with two attached hydrogens (primary N) is 1. The maximum absolute atomic E-state index is 5.93. The molecule has 0 saturated carbocycles. The van der Waals surface area contributed by atoms with E-state index in [9.17, 15) is 0 Å². The minimum atomic E-state index is 0.315. The molecule has 0 amide bonds. The van der Waals surface area contributed by atoms with Gasteiger partial charge in [-0.3, -0.25) is 4.90 Å². The zero-order valence-electron chi connectivity index (χ0n) is 11.2. The highest BCUT2D eigenvalue weighted by Crippen LogP contribution is 2.24. The van der Waals surface area contributed by atoms with Crippen LogP contribution in [-0.4, -0.2) is 36.1 Å². The highest BCUT2D eigenvalue weighted by molar-refractivity contribution is 5.84. The third-order valence-corrected chi connectivity index (χ3v) is 3.66. The second kappa shape index (κ2) is 5.15. The van der Waals surface area contributed by atoms with E-state index < -0.39 is 0 Å². The minimum absolute atomic E-state index is 0.315. The van der Waals surface area contributed by atoms with E-state index in [1.165, 1.54) is 0 Å². The van der Waals surface area contributed by atoms with Crippen LogP contribution in [-0.2, 0) is 6.54 Å². The molecule has 1 saturated heterocycles. The standard InChI is InChI=1S/C15H19N3O/c1-19-14-4-2-3-11-5-6-13(17-15(11)14)10-18-8-7-12(16)9-18/h2-6,12H,7-10,16H2,1H3. The lowest BCUT2D eigenvalue weighted by Crippen LogP contribution is -2.26. The lowest BCUT2D eigenvalue weighted by Gasteiger charge is -2.15. The Kier molecular flexibility index (Phi) is 3.36. The predicted molar refractivity (Wildman–Crippen MR) is 76.2 cm³/mol. The molecule has 3 rings (SSSR count). The third-order valence-electron chi connectivity index (χ3n) is 3.66. The first-order valence-electron chi connectivity index (χ1n) is 6.67. The Hall–Kier alpha value is -1.65. The van der Waals surface area contributed by atoms with Gasteiger partial charge in [0, 0.05) is 31.1 Å². The van der Waals surface area contributed by atoms with Crippen molar-refractivity contribution in [2.75, 3.05) is 20.2 Å². The number of nitrogens with zero attached hydrogens (tertiary/aromatic N) is 2. The molecule has 19 heavy (non-hydrogen) atoms. The van der Waals surface area contributed by atoms with Gasteiger partial charge < -0.3 is 10.5 Å². The van der Waals surface area contributed by atoms with Crippen LogP contribution in [0.3, 0.4) is 0 Å². The Morgan fingerprint density at radius 1 is 1.37 bits per heavy atom. The van der Waals surface area contributed by atoms with E-state index >= 15 is 0 Å². The Balaban J connectivity index is 1.88. The molecule has 1 aromatic heterocycles. The number of likely N-dealkylation sites (tertiary alicyclic amines) is 1. The molecule has 0 bridgehead atoms. The summed E-state index contributed by atoms with van der Waals surface area (Å²) in [5, 5.41) is 1.11. The van der Waals surface area contributed by atoms with E-state index in [1.54, 1.807) is 7.11 Å². The molecule has 1 atom stereocenters. The van der Waals surface area contributed by atoms with Crippen LogP contribution < -0.4 is 10.5 Å². The molecule has 0 spiro atoms. The molecule has 0 aliphatic carbocycles. The average Bonchev–Trinajstić information content (AvgIpc) is 2.83. The minimum Gasteiger partial charge on any atom is -0.494 e. The molecular weight excluding hydrogens is 238 g/mol. The van der Waals surface area contributed by atoms with Gasteiger partial charge in [-0.05, 0) is 18.6 Å². The third kappa shape index (κ3) is 2.55. The number of para-hydroxylation sites is 1. The first-order chi connectivity index (χ1) is 9.26. The van der Waals surface area contributed by atoms with Crippen LogP contribution in [0.25, 0.3) is 10.9 Å². The van der Waals surface area contributed by atoms with Gasteiger partial charge in [-0.1, -0.05) is 18.2 Å². The maximum Gasteiger partial charge on any atom is 0.145 e. The van der Waals surface area contributed by atoms with Gasteiger partial charge in [-0.2, -0.15) is 0 Å². The van der Waals surface area contributed by atoms with E-state index in [-0.39, 0.29) is 0 Å². The van der Waals surface area contributed by atoms with Crippen LogP contribution in [0.2, 0.25) is 0 Å². The number of benzene rings is 1. The van der Waals surface area contributed by atoms with Crippen LogP contribution in [0, 0.1) is 0 Å². The van der Waals surface area contributed by atoms with Crippen molar-refractivity contribution >= 4 is 10.9 Å². The average molecular weight is 257 g/mol. The molecule has 1 fully saturated rings. The molecule has 2 heterocycles. The molecule has 2 N–H and O–H groups in total. The molecule has 100 valence electrons. The smallest absolute Gasteiger partial charge is 0.145 e. The van der Waals surface area contributed by atoms with Crippen molar-refractivity contribution < 1.29 is 4.74 Å². The van der Waals surface area contributed by atoms with E-state index in [0.29, 0.717) is 6.04 Å². The van der Waals surface area contributed by atoms with Gasteiger partial charge in [0.2, 0.25) is 0 Å². The van der Waals surface area contributed by atoms with Crippen molar-refractivity contribution in [3.05, 3.63) is 36.0 Å². The van der Waals surface area contributed by atoms with Crippen LogP contribution >= 0.6 is 0 Å². The lowest BCUT2D eigenvalue weighted by molar-refractivity contribution is 0.323. The fourth-order valence-corrected chi connectivity index (χ4v) is 2.65. The Morgan fingerprint density at radius 3 is 3.00 bits per heavy atom. The number of methoxy groups -OCH3 is 1. The number of rotatable bonds is 3. The summed E-state index contributed by atoms with van der Waals surface area (Å²) in [6, 6.07) is 10.5. The fourth-order valence-electron chi connectivity index (χ4n) is 2.65. The summed E-state index contributed by atoms with van der Waals surface area (Å²) in [5.74, 6) is 0.831. The maximum atomic E-state index is 5.93. The topological polar surface area (TPSA) is 51.4 Å². The summed E-state index contributed by atoms with van der Waals surface area (Å²) in [7, 11) is 1.68. The molecule has 4 heteroatoms. The highest BCUT2D eigenvalue weighted by Gasteiger charge is 2.19. The molecule has 4 nitrogen and oxygen atoms in total. The van der Waals surface area contributed by atoms with E-state index in [2.05, 4.69) is 23.1 Å². The van der Waals surface area contributed by atoms with Gasteiger partial charge in [-0.15, -0.1) is 0 Å². The summed E-state index contributed by atoms with van der Waals surface area (Å²) in [6.07, 6.45) is 1.08. The predicted octanol–water partition coefficient (Wildman–Crippen LogP) is 1.78. The molecule has 0 radical (unpaired) electrons. The van der Waals surface area contributed by atoms with E-state index in [1.807, 2.05) is 12.1 Å². The van der Waals surface area contributed by atoms with Gasteiger partial charge in [0.15, 0.2) is 0 Å².